The zero-order valence-electron chi connectivity index (χ0n) is 9.95. The van der Waals surface area contributed by atoms with Crippen LogP contribution in [0, 0.1) is 0 Å². The summed E-state index contributed by atoms with van der Waals surface area (Å²) in [6.07, 6.45) is 6.25. The second-order valence-electron chi connectivity index (χ2n) is 4.44. The number of thiazole rings is 1. The van der Waals surface area contributed by atoms with E-state index in [2.05, 4.69) is 66.5 Å². The zero-order valence-corrected chi connectivity index (χ0v) is 12.4. The van der Waals surface area contributed by atoms with Crippen LogP contribution in [0.3, 0.4) is 0 Å². The summed E-state index contributed by atoms with van der Waals surface area (Å²) in [6, 6.07) is 8.41. The zero-order chi connectivity index (χ0) is 12.8. The monoisotopic (exact) mass is 331 g/mol. The normalized spacial score (nSPS) is 11.6. The van der Waals surface area contributed by atoms with E-state index in [1.54, 1.807) is 11.3 Å². The van der Waals surface area contributed by atoms with E-state index in [1.807, 2.05) is 11.6 Å². The van der Waals surface area contributed by atoms with Crippen LogP contribution in [0.15, 0.2) is 52.7 Å². The van der Waals surface area contributed by atoms with Gasteiger partial charge in [0, 0.05) is 39.3 Å². The molecule has 0 radical (unpaired) electrons. The second-order valence-corrected chi connectivity index (χ2v) is 6.17. The van der Waals surface area contributed by atoms with Crippen molar-refractivity contribution in [3.8, 4) is 0 Å². The molecule has 1 aromatic carbocycles. The molecule has 0 aliphatic heterocycles. The molecule has 0 N–H and O–H groups in total. The van der Waals surface area contributed by atoms with E-state index in [4.69, 9.17) is 0 Å². The van der Waals surface area contributed by atoms with Gasteiger partial charge in [-0.3, -0.25) is 4.40 Å². The quantitative estimate of drug-likeness (QED) is 0.540. The molecule has 0 atom stereocenters. The van der Waals surface area contributed by atoms with Crippen LogP contribution in [0.2, 0.25) is 0 Å². The molecule has 0 aliphatic rings. The molecule has 0 saturated carbocycles. The predicted octanol–water partition coefficient (Wildman–Crippen LogP) is 4.16. The number of benzene rings is 1. The summed E-state index contributed by atoms with van der Waals surface area (Å²) in [5, 5.41) is 3.29. The summed E-state index contributed by atoms with van der Waals surface area (Å²) in [7, 11) is 0. The average Bonchev–Trinajstić information content (AvgIpc) is 3.05. The average molecular weight is 332 g/mol. The number of hydrogen-bond acceptors (Lipinski definition) is 2. The molecule has 4 aromatic rings. The molecule has 4 rings (SSSR count). The largest absolute Gasteiger partial charge is 0.341 e. The summed E-state index contributed by atoms with van der Waals surface area (Å²) >= 11 is 5.25. The van der Waals surface area contributed by atoms with Gasteiger partial charge in [0.05, 0.1) is 12.2 Å². The standard InChI is InChI=1S/C14H10BrN3S/c15-12-2-1-3-13-11(12)4-5-17(13)8-10-9-18-6-7-19-14(18)16-10/h1-7,9H,8H2. The first-order valence-corrected chi connectivity index (χ1v) is 7.63. The first kappa shape index (κ1) is 11.3. The highest BCUT2D eigenvalue weighted by atomic mass is 79.9. The van der Waals surface area contributed by atoms with Crippen molar-refractivity contribution >= 4 is 43.1 Å². The van der Waals surface area contributed by atoms with Gasteiger partial charge in [-0.25, -0.2) is 4.98 Å². The van der Waals surface area contributed by atoms with Crippen LogP contribution in [-0.2, 0) is 6.54 Å². The lowest BCUT2D eigenvalue weighted by Gasteiger charge is -2.03. The van der Waals surface area contributed by atoms with Crippen LogP contribution in [0.1, 0.15) is 5.69 Å². The van der Waals surface area contributed by atoms with Crippen molar-refractivity contribution in [3.63, 3.8) is 0 Å². The van der Waals surface area contributed by atoms with Crippen LogP contribution in [0.25, 0.3) is 15.9 Å². The fourth-order valence-electron chi connectivity index (χ4n) is 2.35. The van der Waals surface area contributed by atoms with Crippen molar-refractivity contribution in [2.24, 2.45) is 0 Å². The Labute approximate surface area is 122 Å². The Bertz CT molecular complexity index is 843. The lowest BCUT2D eigenvalue weighted by Crippen LogP contribution is -1.97. The van der Waals surface area contributed by atoms with Crippen molar-refractivity contribution in [1.82, 2.24) is 14.0 Å². The Balaban J connectivity index is 1.78. The highest BCUT2D eigenvalue weighted by Gasteiger charge is 2.07. The second kappa shape index (κ2) is 4.21. The molecule has 19 heavy (non-hydrogen) atoms. The molecule has 3 aromatic heterocycles. The molecule has 3 heterocycles. The van der Waals surface area contributed by atoms with E-state index < -0.39 is 0 Å². The first-order valence-electron chi connectivity index (χ1n) is 5.96. The summed E-state index contributed by atoms with van der Waals surface area (Å²) in [6.45, 7) is 0.800. The molecular formula is C14H10BrN3S. The van der Waals surface area contributed by atoms with E-state index in [0.717, 1.165) is 21.7 Å². The summed E-state index contributed by atoms with van der Waals surface area (Å²) < 4.78 is 5.43. The van der Waals surface area contributed by atoms with E-state index in [-0.39, 0.29) is 0 Å². The van der Waals surface area contributed by atoms with E-state index >= 15 is 0 Å². The molecule has 0 unspecified atom stereocenters. The Morgan fingerprint density at radius 3 is 3.05 bits per heavy atom. The van der Waals surface area contributed by atoms with Crippen LogP contribution in [0.4, 0.5) is 0 Å². The van der Waals surface area contributed by atoms with Gasteiger partial charge in [0.25, 0.3) is 0 Å². The van der Waals surface area contributed by atoms with Crippen LogP contribution < -0.4 is 0 Å². The van der Waals surface area contributed by atoms with Crippen molar-refractivity contribution in [2.45, 2.75) is 6.54 Å². The van der Waals surface area contributed by atoms with Gasteiger partial charge in [0.2, 0.25) is 0 Å². The SMILES string of the molecule is Brc1cccc2c1ccn2Cc1cn2ccsc2n1. The smallest absolute Gasteiger partial charge is 0.193 e. The summed E-state index contributed by atoms with van der Waals surface area (Å²) in [4.78, 5) is 5.67. The number of imidazole rings is 1. The fourth-order valence-corrected chi connectivity index (χ4v) is 3.56. The number of halogens is 1. The molecule has 94 valence electrons. The van der Waals surface area contributed by atoms with E-state index in [9.17, 15) is 0 Å². The van der Waals surface area contributed by atoms with E-state index in [1.165, 1.54) is 10.9 Å². The van der Waals surface area contributed by atoms with E-state index in [0.29, 0.717) is 0 Å². The van der Waals surface area contributed by atoms with Crippen LogP contribution >= 0.6 is 27.3 Å². The van der Waals surface area contributed by atoms with Gasteiger partial charge in [-0.1, -0.05) is 22.0 Å². The number of fused-ring (bicyclic) bond motifs is 2. The summed E-state index contributed by atoms with van der Waals surface area (Å²) in [5.74, 6) is 0. The van der Waals surface area contributed by atoms with Crippen molar-refractivity contribution in [1.29, 1.82) is 0 Å². The van der Waals surface area contributed by atoms with Crippen LogP contribution in [0.5, 0.6) is 0 Å². The minimum atomic E-state index is 0.800. The first-order chi connectivity index (χ1) is 9.31. The van der Waals surface area contributed by atoms with Gasteiger partial charge in [-0.15, -0.1) is 11.3 Å². The molecule has 0 fully saturated rings. The third-order valence-electron chi connectivity index (χ3n) is 3.24. The molecule has 0 spiro atoms. The number of aromatic nitrogens is 3. The van der Waals surface area contributed by atoms with Crippen molar-refractivity contribution in [3.05, 3.63) is 58.4 Å². The maximum atomic E-state index is 4.63. The highest BCUT2D eigenvalue weighted by Crippen LogP contribution is 2.25. The third-order valence-corrected chi connectivity index (χ3v) is 4.70. The van der Waals surface area contributed by atoms with Crippen molar-refractivity contribution in [2.75, 3.05) is 0 Å². The molecule has 0 bridgehead atoms. The minimum Gasteiger partial charge on any atom is -0.341 e. The van der Waals surface area contributed by atoms with Gasteiger partial charge in [-0.05, 0) is 18.2 Å². The molecule has 5 heteroatoms. The lowest BCUT2D eigenvalue weighted by atomic mass is 10.2. The van der Waals surface area contributed by atoms with Gasteiger partial charge in [-0.2, -0.15) is 0 Å². The molecule has 0 amide bonds. The molecular weight excluding hydrogens is 322 g/mol. The maximum Gasteiger partial charge on any atom is 0.193 e. The molecule has 3 nitrogen and oxygen atoms in total. The number of hydrogen-bond donors (Lipinski definition) is 0. The highest BCUT2D eigenvalue weighted by molar-refractivity contribution is 9.10. The third kappa shape index (κ3) is 1.81. The van der Waals surface area contributed by atoms with Crippen molar-refractivity contribution < 1.29 is 0 Å². The Morgan fingerprint density at radius 2 is 2.16 bits per heavy atom. The maximum absolute atomic E-state index is 4.63. The van der Waals surface area contributed by atoms with Gasteiger partial charge >= 0.3 is 0 Å². The Hall–Kier alpha value is -1.59. The summed E-state index contributed by atoms with van der Waals surface area (Å²) in [5.41, 5.74) is 2.31. The number of rotatable bonds is 2. The Kier molecular flexibility index (Phi) is 2.50. The fraction of sp³-hybridized carbons (Fsp3) is 0.0714. The predicted molar refractivity (Wildman–Crippen MR) is 81.8 cm³/mol. The Morgan fingerprint density at radius 1 is 1.21 bits per heavy atom. The molecule has 0 saturated heterocycles. The minimum absolute atomic E-state index is 0.800. The molecule has 0 aliphatic carbocycles. The van der Waals surface area contributed by atoms with Gasteiger partial charge in [0.15, 0.2) is 4.96 Å². The number of nitrogens with zero attached hydrogens (tertiary/aromatic N) is 3. The lowest BCUT2D eigenvalue weighted by molar-refractivity contribution is 0.815. The van der Waals surface area contributed by atoms with Gasteiger partial charge < -0.3 is 4.57 Å². The topological polar surface area (TPSA) is 22.2 Å². The van der Waals surface area contributed by atoms with Gasteiger partial charge in [0.1, 0.15) is 0 Å². The van der Waals surface area contributed by atoms with Crippen LogP contribution in [-0.4, -0.2) is 14.0 Å².